The van der Waals surface area contributed by atoms with Gasteiger partial charge in [0.2, 0.25) is 10.0 Å². The third-order valence-electron chi connectivity index (χ3n) is 4.02. The Morgan fingerprint density at radius 1 is 1.27 bits per heavy atom. The molecule has 1 aliphatic heterocycles. The molecule has 0 aromatic heterocycles. The number of carbonyl (C=O) groups excluding carboxylic acids is 1. The quantitative estimate of drug-likeness (QED) is 0.887. The molecule has 1 amide bonds. The summed E-state index contributed by atoms with van der Waals surface area (Å²) in [5.74, 6) is 0.0397. The van der Waals surface area contributed by atoms with E-state index in [4.69, 9.17) is 4.74 Å². The molecule has 6 nitrogen and oxygen atoms in total. The van der Waals surface area contributed by atoms with Crippen molar-refractivity contribution in [2.75, 3.05) is 20.2 Å². The van der Waals surface area contributed by atoms with Crippen LogP contribution in [0.3, 0.4) is 0 Å². The van der Waals surface area contributed by atoms with Gasteiger partial charge in [0.25, 0.3) is 5.91 Å². The molecule has 1 aromatic rings. The van der Waals surface area contributed by atoms with E-state index in [0.29, 0.717) is 18.7 Å². The highest BCUT2D eigenvalue weighted by Crippen LogP contribution is 2.30. The van der Waals surface area contributed by atoms with Gasteiger partial charge in [0.05, 0.1) is 7.11 Å². The van der Waals surface area contributed by atoms with Crippen molar-refractivity contribution < 1.29 is 17.9 Å². The maximum atomic E-state index is 12.7. The number of hydrogen-bond donors (Lipinski definition) is 1. The summed E-state index contributed by atoms with van der Waals surface area (Å²) in [4.78, 5) is 12.2. The fourth-order valence-corrected chi connectivity index (χ4v) is 4.28. The molecule has 120 valence electrons. The monoisotopic (exact) mass is 324 g/mol. The molecule has 0 atom stereocenters. The summed E-state index contributed by atoms with van der Waals surface area (Å²) in [6, 6.07) is 4.79. The van der Waals surface area contributed by atoms with E-state index >= 15 is 0 Å². The Hall–Kier alpha value is -1.60. The third kappa shape index (κ3) is 2.96. The molecule has 0 unspecified atom stereocenters. The predicted octanol–water partition coefficient (Wildman–Crippen LogP) is 1.37. The Morgan fingerprint density at radius 2 is 1.95 bits per heavy atom. The van der Waals surface area contributed by atoms with E-state index in [1.807, 2.05) is 0 Å². The van der Waals surface area contributed by atoms with Gasteiger partial charge in [0, 0.05) is 24.7 Å². The number of nitrogens with zero attached hydrogens (tertiary/aromatic N) is 1. The first-order valence-corrected chi connectivity index (χ1v) is 8.95. The smallest absolute Gasteiger partial charge is 0.251 e. The van der Waals surface area contributed by atoms with E-state index in [2.05, 4.69) is 5.32 Å². The van der Waals surface area contributed by atoms with E-state index < -0.39 is 10.0 Å². The van der Waals surface area contributed by atoms with Gasteiger partial charge < -0.3 is 10.1 Å². The van der Waals surface area contributed by atoms with Crippen molar-refractivity contribution in [3.8, 4) is 5.75 Å². The van der Waals surface area contributed by atoms with Gasteiger partial charge >= 0.3 is 0 Å². The fraction of sp³-hybridized carbons (Fsp3) is 0.533. The van der Waals surface area contributed by atoms with Crippen LogP contribution in [-0.2, 0) is 10.0 Å². The number of benzene rings is 1. The standard InChI is InChI=1S/C15H20N2O4S/c1-21-13-7-4-11(15(18)16-12-5-6-12)10-14(13)22(19,20)17-8-2-3-9-17/h4,7,10,12H,2-3,5-6,8-9H2,1H3,(H,16,18). The molecular formula is C15H20N2O4S. The van der Waals surface area contributed by atoms with Crippen LogP contribution in [0, 0.1) is 0 Å². The van der Waals surface area contributed by atoms with E-state index in [1.54, 1.807) is 12.1 Å². The molecule has 2 aliphatic rings. The Labute approximate surface area is 130 Å². The molecule has 1 aliphatic carbocycles. The lowest BCUT2D eigenvalue weighted by Gasteiger charge is -2.18. The highest BCUT2D eigenvalue weighted by molar-refractivity contribution is 7.89. The molecule has 0 bridgehead atoms. The SMILES string of the molecule is COc1ccc(C(=O)NC2CC2)cc1S(=O)(=O)N1CCCC1. The Kier molecular flexibility index (Phi) is 4.10. The second kappa shape index (κ2) is 5.89. The minimum absolute atomic E-state index is 0.0698. The number of hydrogen-bond acceptors (Lipinski definition) is 4. The maximum absolute atomic E-state index is 12.7. The van der Waals surface area contributed by atoms with Gasteiger partial charge in [-0.1, -0.05) is 0 Å². The van der Waals surface area contributed by atoms with Crippen LogP contribution in [0.1, 0.15) is 36.0 Å². The zero-order chi connectivity index (χ0) is 15.7. The summed E-state index contributed by atoms with van der Waals surface area (Å²) < 4.78 is 32.1. The van der Waals surface area contributed by atoms with E-state index in [-0.39, 0.29) is 22.6 Å². The summed E-state index contributed by atoms with van der Waals surface area (Å²) in [6.45, 7) is 1.04. The van der Waals surface area contributed by atoms with Crippen molar-refractivity contribution >= 4 is 15.9 Å². The summed E-state index contributed by atoms with van der Waals surface area (Å²) >= 11 is 0. The zero-order valence-corrected chi connectivity index (χ0v) is 13.4. The lowest BCUT2D eigenvalue weighted by molar-refractivity contribution is 0.0951. The van der Waals surface area contributed by atoms with Gasteiger partial charge in [0.1, 0.15) is 10.6 Å². The highest BCUT2D eigenvalue weighted by atomic mass is 32.2. The molecule has 3 rings (SSSR count). The number of methoxy groups -OCH3 is 1. The van der Waals surface area contributed by atoms with Crippen LogP contribution in [-0.4, -0.2) is 44.9 Å². The average Bonchev–Trinajstić information content (AvgIpc) is 3.15. The molecule has 22 heavy (non-hydrogen) atoms. The molecule has 7 heteroatoms. The van der Waals surface area contributed by atoms with E-state index in [1.165, 1.54) is 17.5 Å². The topological polar surface area (TPSA) is 75.7 Å². The molecule has 0 radical (unpaired) electrons. The number of carbonyl (C=O) groups is 1. The predicted molar refractivity (Wildman–Crippen MR) is 81.5 cm³/mol. The Balaban J connectivity index is 1.95. The van der Waals surface area contributed by atoms with Crippen LogP contribution in [0.5, 0.6) is 5.75 Å². The van der Waals surface area contributed by atoms with E-state index in [9.17, 15) is 13.2 Å². The van der Waals surface area contributed by atoms with Crippen molar-refractivity contribution in [2.45, 2.75) is 36.6 Å². The third-order valence-corrected chi connectivity index (χ3v) is 5.94. The lowest BCUT2D eigenvalue weighted by atomic mass is 10.2. The van der Waals surface area contributed by atoms with Gasteiger partial charge in [-0.3, -0.25) is 4.79 Å². The Bertz CT molecular complexity index is 677. The number of ether oxygens (including phenoxy) is 1. The lowest BCUT2D eigenvalue weighted by Crippen LogP contribution is -2.29. The molecule has 1 heterocycles. The summed E-state index contributed by atoms with van der Waals surface area (Å²) in [7, 11) is -2.19. The number of sulfonamides is 1. The molecule has 0 spiro atoms. The van der Waals surface area contributed by atoms with Gasteiger partial charge in [-0.25, -0.2) is 8.42 Å². The van der Waals surface area contributed by atoms with Gasteiger partial charge in [-0.15, -0.1) is 0 Å². The summed E-state index contributed by atoms with van der Waals surface area (Å²) in [5, 5.41) is 2.87. The molecular weight excluding hydrogens is 304 g/mol. The maximum Gasteiger partial charge on any atom is 0.251 e. The number of nitrogens with one attached hydrogen (secondary N) is 1. The Morgan fingerprint density at radius 3 is 2.55 bits per heavy atom. The fourth-order valence-electron chi connectivity index (χ4n) is 2.58. The summed E-state index contributed by atoms with van der Waals surface area (Å²) in [5.41, 5.74) is 0.352. The second-order valence-corrected chi connectivity index (χ2v) is 7.63. The first kappa shape index (κ1) is 15.3. The van der Waals surface area contributed by atoms with E-state index in [0.717, 1.165) is 25.7 Å². The minimum Gasteiger partial charge on any atom is -0.495 e. The molecule has 1 aromatic carbocycles. The molecule has 1 saturated carbocycles. The van der Waals surface area contributed by atoms with Gasteiger partial charge in [-0.2, -0.15) is 4.31 Å². The average molecular weight is 324 g/mol. The molecule has 1 N–H and O–H groups in total. The largest absolute Gasteiger partial charge is 0.495 e. The van der Waals surface area contributed by atoms with Crippen molar-refractivity contribution in [1.82, 2.24) is 9.62 Å². The van der Waals surface area contributed by atoms with Crippen molar-refractivity contribution in [2.24, 2.45) is 0 Å². The van der Waals surface area contributed by atoms with Crippen molar-refractivity contribution in [3.63, 3.8) is 0 Å². The van der Waals surface area contributed by atoms with Crippen LogP contribution in [0.2, 0.25) is 0 Å². The highest BCUT2D eigenvalue weighted by Gasteiger charge is 2.31. The molecule has 2 fully saturated rings. The normalized spacial score (nSPS) is 19.1. The van der Waals surface area contributed by atoms with Crippen LogP contribution in [0.25, 0.3) is 0 Å². The van der Waals surface area contributed by atoms with Crippen molar-refractivity contribution in [3.05, 3.63) is 23.8 Å². The van der Waals surface area contributed by atoms with Crippen LogP contribution in [0.4, 0.5) is 0 Å². The van der Waals surface area contributed by atoms with Crippen molar-refractivity contribution in [1.29, 1.82) is 0 Å². The zero-order valence-electron chi connectivity index (χ0n) is 12.5. The number of amides is 1. The minimum atomic E-state index is -3.62. The van der Waals surface area contributed by atoms with Gasteiger partial charge in [-0.05, 0) is 43.9 Å². The first-order valence-electron chi connectivity index (χ1n) is 7.51. The van der Waals surface area contributed by atoms with Gasteiger partial charge in [0.15, 0.2) is 0 Å². The van der Waals surface area contributed by atoms with Crippen LogP contribution < -0.4 is 10.1 Å². The summed E-state index contributed by atoms with van der Waals surface area (Å²) in [6.07, 6.45) is 3.70. The van der Waals surface area contributed by atoms with Crippen LogP contribution in [0.15, 0.2) is 23.1 Å². The second-order valence-electron chi connectivity index (χ2n) is 5.72. The van der Waals surface area contributed by atoms with Crippen LogP contribution >= 0.6 is 0 Å². The number of rotatable bonds is 5. The first-order chi connectivity index (χ1) is 10.5. The molecule has 1 saturated heterocycles.